The Bertz CT molecular complexity index is 528. The second-order valence-electron chi connectivity index (χ2n) is 6.89. The van der Waals surface area contributed by atoms with Gasteiger partial charge in [-0.2, -0.15) is 0 Å². The maximum Gasteiger partial charge on any atom is 0.244 e. The monoisotopic (exact) mass is 286 g/mol. The lowest BCUT2D eigenvalue weighted by Gasteiger charge is -2.43. The predicted octanol–water partition coefficient (Wildman–Crippen LogP) is 2.77. The van der Waals surface area contributed by atoms with Gasteiger partial charge >= 0.3 is 0 Å². The molecule has 1 aromatic carbocycles. The number of nitrogens with zero attached hydrogens (tertiary/aromatic N) is 1. The van der Waals surface area contributed by atoms with Gasteiger partial charge in [0.2, 0.25) is 5.91 Å². The van der Waals surface area contributed by atoms with E-state index in [1.165, 1.54) is 17.5 Å². The average Bonchev–Trinajstić information content (AvgIpc) is 2.49. The summed E-state index contributed by atoms with van der Waals surface area (Å²) in [5, 5.41) is 3.43. The standard InChI is InChI=1S/C18H26N2O/c1-12-10-13(2)14(3)20(11-12)18(21)17-16-7-5-4-6-15(16)8-9-19-17/h4-7,12-14,17,19H,8-11H2,1-3H3. The highest BCUT2D eigenvalue weighted by Crippen LogP contribution is 2.31. The first kappa shape index (κ1) is 14.6. The summed E-state index contributed by atoms with van der Waals surface area (Å²) in [6.45, 7) is 8.50. The molecule has 114 valence electrons. The Labute approximate surface area is 127 Å². The Balaban J connectivity index is 1.85. The molecule has 21 heavy (non-hydrogen) atoms. The van der Waals surface area contributed by atoms with E-state index in [2.05, 4.69) is 49.2 Å². The molecule has 0 saturated carbocycles. The first-order chi connectivity index (χ1) is 10.1. The molecule has 4 unspecified atom stereocenters. The van der Waals surface area contributed by atoms with E-state index in [1.54, 1.807) is 0 Å². The summed E-state index contributed by atoms with van der Waals surface area (Å²) in [6, 6.07) is 8.54. The molecule has 1 amide bonds. The van der Waals surface area contributed by atoms with Crippen LogP contribution in [0.2, 0.25) is 0 Å². The molecular weight excluding hydrogens is 260 g/mol. The van der Waals surface area contributed by atoms with Gasteiger partial charge in [0.15, 0.2) is 0 Å². The SMILES string of the molecule is CC1CC(C)C(C)N(C(=O)C2NCCc3ccccc32)C1. The van der Waals surface area contributed by atoms with Crippen LogP contribution in [0.4, 0.5) is 0 Å². The molecule has 1 N–H and O–H groups in total. The highest BCUT2D eigenvalue weighted by molar-refractivity contribution is 5.84. The number of fused-ring (bicyclic) bond motifs is 1. The maximum atomic E-state index is 13.1. The molecule has 3 rings (SSSR count). The minimum atomic E-state index is -0.158. The van der Waals surface area contributed by atoms with Crippen LogP contribution in [0.1, 0.15) is 44.4 Å². The van der Waals surface area contributed by atoms with Crippen molar-refractivity contribution in [3.05, 3.63) is 35.4 Å². The normalized spacial score (nSPS) is 32.6. The Hall–Kier alpha value is -1.35. The van der Waals surface area contributed by atoms with Crippen molar-refractivity contribution in [2.24, 2.45) is 11.8 Å². The van der Waals surface area contributed by atoms with Crippen LogP contribution >= 0.6 is 0 Å². The zero-order valence-electron chi connectivity index (χ0n) is 13.3. The lowest BCUT2D eigenvalue weighted by atomic mass is 9.84. The van der Waals surface area contributed by atoms with Gasteiger partial charge in [-0.3, -0.25) is 4.79 Å². The van der Waals surface area contributed by atoms with Gasteiger partial charge in [0.1, 0.15) is 6.04 Å². The smallest absolute Gasteiger partial charge is 0.244 e. The van der Waals surface area contributed by atoms with Gasteiger partial charge < -0.3 is 10.2 Å². The fraction of sp³-hybridized carbons (Fsp3) is 0.611. The van der Waals surface area contributed by atoms with Gasteiger partial charge in [-0.15, -0.1) is 0 Å². The van der Waals surface area contributed by atoms with Gasteiger partial charge in [-0.25, -0.2) is 0 Å². The number of hydrogen-bond donors (Lipinski definition) is 1. The number of rotatable bonds is 1. The topological polar surface area (TPSA) is 32.3 Å². The summed E-state index contributed by atoms with van der Waals surface area (Å²) in [6.07, 6.45) is 2.24. The minimum absolute atomic E-state index is 0.158. The quantitative estimate of drug-likeness (QED) is 0.861. The van der Waals surface area contributed by atoms with E-state index in [4.69, 9.17) is 0 Å². The van der Waals surface area contributed by atoms with Gasteiger partial charge in [0.25, 0.3) is 0 Å². The third kappa shape index (κ3) is 2.71. The molecule has 3 heteroatoms. The molecule has 0 bridgehead atoms. The molecular formula is C18H26N2O. The van der Waals surface area contributed by atoms with Crippen molar-refractivity contribution in [3.63, 3.8) is 0 Å². The Morgan fingerprint density at radius 1 is 1.24 bits per heavy atom. The number of benzene rings is 1. The molecule has 4 atom stereocenters. The van der Waals surface area contributed by atoms with E-state index in [9.17, 15) is 4.79 Å². The van der Waals surface area contributed by atoms with Gasteiger partial charge in [-0.1, -0.05) is 38.1 Å². The summed E-state index contributed by atoms with van der Waals surface area (Å²) in [5.74, 6) is 1.43. The largest absolute Gasteiger partial charge is 0.338 e. The summed E-state index contributed by atoms with van der Waals surface area (Å²) in [4.78, 5) is 15.2. The van der Waals surface area contributed by atoms with Crippen molar-refractivity contribution in [2.75, 3.05) is 13.1 Å². The summed E-state index contributed by atoms with van der Waals surface area (Å²) < 4.78 is 0. The molecule has 1 aromatic rings. The third-order valence-corrected chi connectivity index (χ3v) is 5.24. The molecule has 2 heterocycles. The first-order valence-electron chi connectivity index (χ1n) is 8.19. The number of carbonyl (C=O) groups is 1. The second-order valence-corrected chi connectivity index (χ2v) is 6.89. The Kier molecular flexibility index (Phi) is 4.03. The van der Waals surface area contributed by atoms with Crippen molar-refractivity contribution in [3.8, 4) is 0 Å². The van der Waals surface area contributed by atoms with E-state index in [1.807, 2.05) is 6.07 Å². The number of carbonyl (C=O) groups excluding carboxylic acids is 1. The van der Waals surface area contributed by atoms with Crippen molar-refractivity contribution < 1.29 is 4.79 Å². The summed E-state index contributed by atoms with van der Waals surface area (Å²) >= 11 is 0. The molecule has 3 nitrogen and oxygen atoms in total. The van der Waals surface area contributed by atoms with Crippen molar-refractivity contribution in [2.45, 2.75) is 45.7 Å². The van der Waals surface area contributed by atoms with Crippen LogP contribution in [0, 0.1) is 11.8 Å². The van der Waals surface area contributed by atoms with E-state index >= 15 is 0 Å². The van der Waals surface area contributed by atoms with E-state index < -0.39 is 0 Å². The van der Waals surface area contributed by atoms with E-state index in [0.717, 1.165) is 19.5 Å². The van der Waals surface area contributed by atoms with Crippen LogP contribution < -0.4 is 5.32 Å². The number of nitrogens with one attached hydrogen (secondary N) is 1. The lowest BCUT2D eigenvalue weighted by molar-refractivity contribution is -0.139. The van der Waals surface area contributed by atoms with Crippen LogP contribution in [0.15, 0.2) is 24.3 Å². The molecule has 1 fully saturated rings. The van der Waals surface area contributed by atoms with Gasteiger partial charge in [-0.05, 0) is 42.7 Å². The van der Waals surface area contributed by atoms with Crippen LogP contribution in [0.3, 0.4) is 0 Å². The predicted molar refractivity (Wildman–Crippen MR) is 85.0 cm³/mol. The second kappa shape index (κ2) is 5.80. The van der Waals surface area contributed by atoms with Gasteiger partial charge in [0.05, 0.1) is 0 Å². The number of likely N-dealkylation sites (tertiary alicyclic amines) is 1. The summed E-state index contributed by atoms with van der Waals surface area (Å²) in [5.41, 5.74) is 2.49. The molecule has 0 aromatic heterocycles. The summed E-state index contributed by atoms with van der Waals surface area (Å²) in [7, 11) is 0. The van der Waals surface area contributed by atoms with Crippen molar-refractivity contribution in [1.29, 1.82) is 0 Å². The van der Waals surface area contributed by atoms with Gasteiger partial charge in [0, 0.05) is 19.1 Å². The molecule has 1 saturated heterocycles. The minimum Gasteiger partial charge on any atom is -0.338 e. The highest BCUT2D eigenvalue weighted by Gasteiger charge is 2.36. The van der Waals surface area contributed by atoms with Crippen LogP contribution in [-0.2, 0) is 11.2 Å². The molecule has 2 aliphatic heterocycles. The number of hydrogen-bond acceptors (Lipinski definition) is 2. The van der Waals surface area contributed by atoms with Crippen LogP contribution in [-0.4, -0.2) is 29.9 Å². The molecule has 0 aliphatic carbocycles. The number of piperidine rings is 1. The fourth-order valence-corrected chi connectivity index (χ4v) is 3.90. The number of amides is 1. The Morgan fingerprint density at radius 2 is 2.00 bits per heavy atom. The van der Waals surface area contributed by atoms with Crippen molar-refractivity contribution >= 4 is 5.91 Å². The van der Waals surface area contributed by atoms with Crippen molar-refractivity contribution in [1.82, 2.24) is 10.2 Å². The molecule has 0 spiro atoms. The highest BCUT2D eigenvalue weighted by atomic mass is 16.2. The van der Waals surface area contributed by atoms with E-state index in [-0.39, 0.29) is 11.9 Å². The van der Waals surface area contributed by atoms with Crippen LogP contribution in [0.5, 0.6) is 0 Å². The first-order valence-corrected chi connectivity index (χ1v) is 8.19. The lowest BCUT2D eigenvalue weighted by Crippen LogP contribution is -2.53. The van der Waals surface area contributed by atoms with Crippen LogP contribution in [0.25, 0.3) is 0 Å². The fourth-order valence-electron chi connectivity index (χ4n) is 3.90. The third-order valence-electron chi connectivity index (χ3n) is 5.24. The Morgan fingerprint density at radius 3 is 2.81 bits per heavy atom. The van der Waals surface area contributed by atoms with E-state index in [0.29, 0.717) is 17.9 Å². The zero-order valence-corrected chi connectivity index (χ0v) is 13.3. The zero-order chi connectivity index (χ0) is 15.0. The average molecular weight is 286 g/mol. The maximum absolute atomic E-state index is 13.1. The molecule has 0 radical (unpaired) electrons. The molecule has 2 aliphatic rings.